The van der Waals surface area contributed by atoms with Gasteiger partial charge in [0.1, 0.15) is 6.54 Å². The van der Waals surface area contributed by atoms with Crippen LogP contribution in [-0.4, -0.2) is 35.4 Å². The van der Waals surface area contributed by atoms with E-state index in [0.717, 1.165) is 0 Å². The van der Waals surface area contributed by atoms with Crippen LogP contribution in [0.5, 0.6) is 5.75 Å². The monoisotopic (exact) mass is 477 g/mol. The lowest BCUT2D eigenvalue weighted by atomic mass is 9.82. The maximum absolute atomic E-state index is 14.8. The molecular formula is C25H24FN5O4. The van der Waals surface area contributed by atoms with Gasteiger partial charge in [-0.1, -0.05) is 43.3 Å². The predicted octanol–water partition coefficient (Wildman–Crippen LogP) is 4.91. The Labute approximate surface area is 200 Å². The van der Waals surface area contributed by atoms with Crippen LogP contribution < -0.4 is 10.1 Å². The molecule has 2 aromatic carbocycles. The predicted molar refractivity (Wildman–Crippen MR) is 130 cm³/mol. The fourth-order valence-electron chi connectivity index (χ4n) is 4.45. The van der Waals surface area contributed by atoms with E-state index >= 15 is 0 Å². The Balaban J connectivity index is 0.00000141. The molecule has 0 bridgehead atoms. The molecule has 9 nitrogen and oxygen atoms in total. The van der Waals surface area contributed by atoms with Crippen LogP contribution in [0.25, 0.3) is 22.2 Å². The van der Waals surface area contributed by atoms with Gasteiger partial charge < -0.3 is 19.8 Å². The van der Waals surface area contributed by atoms with Crippen LogP contribution in [0, 0.1) is 10.7 Å². The fraction of sp³-hybridized carbons (Fsp3) is 0.240. The number of anilines is 1. The third-order valence-corrected chi connectivity index (χ3v) is 5.88. The van der Waals surface area contributed by atoms with Crippen LogP contribution in [0.3, 0.4) is 0 Å². The van der Waals surface area contributed by atoms with Gasteiger partial charge in [0.2, 0.25) is 0 Å². The number of methoxy groups -OCH3 is 2. The van der Waals surface area contributed by atoms with Crippen LogP contribution in [0.1, 0.15) is 30.7 Å². The molecule has 0 spiro atoms. The average Bonchev–Trinajstić information content (AvgIpc) is 3.27. The number of nitrogens with zero attached hydrogens (tertiary/aromatic N) is 3. The van der Waals surface area contributed by atoms with Gasteiger partial charge in [0, 0.05) is 34.0 Å². The van der Waals surface area contributed by atoms with Gasteiger partial charge in [-0.3, -0.25) is 0 Å². The highest BCUT2D eigenvalue weighted by molar-refractivity contribution is 6.07. The van der Waals surface area contributed by atoms with Crippen LogP contribution in [0.2, 0.25) is 0 Å². The molecule has 1 atom stereocenters. The molecule has 0 saturated carbocycles. The van der Waals surface area contributed by atoms with Gasteiger partial charge >= 0.3 is 5.97 Å². The molecule has 2 aromatic heterocycles. The standard InChI is InChI=1S/C23H18FN5O4.C2H6/c1-32-18-8-7-12(9-15(18)24)23(22(30)33-2)14-10-25-21-20(14)19(17(11-26-31)28-29-21)13-5-3-4-6-16(13)27-23;1-2/h3-10,27H,11H2,1-2H3,(H,25,29);1-2H3. The number of nitroso groups, excluding NO2 is 1. The molecule has 1 aliphatic heterocycles. The fourth-order valence-corrected chi connectivity index (χ4v) is 4.45. The highest BCUT2D eigenvalue weighted by Crippen LogP contribution is 2.48. The van der Waals surface area contributed by atoms with Crippen molar-refractivity contribution in [2.75, 3.05) is 19.5 Å². The van der Waals surface area contributed by atoms with Crippen molar-refractivity contribution < 1.29 is 18.7 Å². The van der Waals surface area contributed by atoms with Crippen molar-refractivity contribution in [3.05, 3.63) is 76.2 Å². The Morgan fingerprint density at radius 3 is 2.60 bits per heavy atom. The van der Waals surface area contributed by atoms with Crippen molar-refractivity contribution in [3.8, 4) is 16.9 Å². The Morgan fingerprint density at radius 1 is 1.14 bits per heavy atom. The first kappa shape index (κ1) is 23.8. The third kappa shape index (κ3) is 3.58. The first-order chi connectivity index (χ1) is 17.0. The minimum atomic E-state index is -1.64. The van der Waals surface area contributed by atoms with Crippen LogP contribution in [0.15, 0.2) is 53.8 Å². The quantitative estimate of drug-likeness (QED) is 0.310. The second kappa shape index (κ2) is 9.49. The van der Waals surface area contributed by atoms with Gasteiger partial charge in [-0.25, -0.2) is 9.18 Å². The molecule has 0 amide bonds. The zero-order chi connectivity index (χ0) is 25.2. The summed E-state index contributed by atoms with van der Waals surface area (Å²) in [7, 11) is 2.63. The summed E-state index contributed by atoms with van der Waals surface area (Å²) in [5.74, 6) is -1.26. The van der Waals surface area contributed by atoms with E-state index in [0.29, 0.717) is 44.7 Å². The smallest absolute Gasteiger partial charge is 0.341 e. The summed E-state index contributed by atoms with van der Waals surface area (Å²) in [6, 6.07) is 11.5. The van der Waals surface area contributed by atoms with Gasteiger partial charge in [0.15, 0.2) is 22.8 Å². The minimum absolute atomic E-state index is 0.0395. The topological polar surface area (TPSA) is 119 Å². The number of rotatable bonds is 5. The number of aromatic amines is 1. The van der Waals surface area contributed by atoms with Gasteiger partial charge in [-0.2, -0.15) is 10.0 Å². The van der Waals surface area contributed by atoms with E-state index in [1.54, 1.807) is 24.4 Å². The molecule has 0 saturated heterocycles. The highest BCUT2D eigenvalue weighted by atomic mass is 19.1. The largest absolute Gasteiger partial charge is 0.494 e. The number of aromatic nitrogens is 3. The second-order valence-electron chi connectivity index (χ2n) is 7.50. The lowest BCUT2D eigenvalue weighted by Gasteiger charge is -2.33. The molecule has 4 aromatic rings. The molecule has 0 radical (unpaired) electrons. The maximum Gasteiger partial charge on any atom is 0.341 e. The molecule has 1 aliphatic rings. The summed E-state index contributed by atoms with van der Waals surface area (Å²) < 4.78 is 25.1. The molecule has 10 heteroatoms. The molecule has 0 fully saturated rings. The van der Waals surface area contributed by atoms with E-state index in [-0.39, 0.29) is 12.3 Å². The minimum Gasteiger partial charge on any atom is -0.494 e. The Kier molecular flexibility index (Phi) is 6.46. The van der Waals surface area contributed by atoms with Gasteiger partial charge in [-0.05, 0) is 23.8 Å². The number of carbonyl (C=O) groups is 1. The van der Waals surface area contributed by atoms with Crippen molar-refractivity contribution >= 4 is 22.7 Å². The number of carbonyl (C=O) groups excluding carboxylic acids is 1. The SMILES string of the molecule is CC.COC(=O)C1(c2ccc(OC)c(F)c2)Nc2ccccc2-c2c(CN=O)nnc3[nH]cc1c23. The van der Waals surface area contributed by atoms with E-state index in [9.17, 15) is 14.1 Å². The Hall–Kier alpha value is -4.34. The molecular weight excluding hydrogens is 453 g/mol. The Bertz CT molecular complexity index is 1420. The molecule has 35 heavy (non-hydrogen) atoms. The van der Waals surface area contributed by atoms with E-state index in [1.165, 1.54) is 26.4 Å². The second-order valence-corrected chi connectivity index (χ2v) is 7.50. The molecule has 0 aliphatic carbocycles. The van der Waals surface area contributed by atoms with Gasteiger partial charge in [0.05, 0.1) is 19.9 Å². The summed E-state index contributed by atoms with van der Waals surface area (Å²) in [5, 5.41) is 15.2. The van der Waals surface area contributed by atoms with Crippen molar-refractivity contribution in [1.29, 1.82) is 0 Å². The van der Waals surface area contributed by atoms with Crippen LogP contribution in [0.4, 0.5) is 10.1 Å². The maximum atomic E-state index is 14.8. The zero-order valence-corrected chi connectivity index (χ0v) is 19.7. The third-order valence-electron chi connectivity index (χ3n) is 5.88. The van der Waals surface area contributed by atoms with Gasteiger partial charge in [0.25, 0.3) is 0 Å². The van der Waals surface area contributed by atoms with E-state index < -0.39 is 17.3 Å². The summed E-state index contributed by atoms with van der Waals surface area (Å²) in [6.45, 7) is 3.79. The van der Waals surface area contributed by atoms with Crippen LogP contribution >= 0.6 is 0 Å². The number of esters is 1. The number of para-hydroxylation sites is 1. The average molecular weight is 477 g/mol. The number of hydrogen-bond acceptors (Lipinski definition) is 8. The normalized spacial score (nSPS) is 15.7. The van der Waals surface area contributed by atoms with Crippen molar-refractivity contribution in [2.24, 2.45) is 5.18 Å². The number of fused-ring (bicyclic) bond motifs is 2. The Morgan fingerprint density at radius 2 is 1.91 bits per heavy atom. The van der Waals surface area contributed by atoms with Crippen LogP contribution in [-0.2, 0) is 21.6 Å². The highest BCUT2D eigenvalue weighted by Gasteiger charge is 2.48. The van der Waals surface area contributed by atoms with Crippen molar-refractivity contribution in [3.63, 3.8) is 0 Å². The first-order valence-electron chi connectivity index (χ1n) is 11.0. The number of H-pyrrole nitrogens is 1. The first-order valence-corrected chi connectivity index (χ1v) is 11.0. The van der Waals surface area contributed by atoms with Crippen molar-refractivity contribution in [1.82, 2.24) is 15.2 Å². The summed E-state index contributed by atoms with van der Waals surface area (Å²) in [6.07, 6.45) is 1.61. The zero-order valence-electron chi connectivity index (χ0n) is 19.7. The molecule has 180 valence electrons. The number of halogens is 1. The molecule has 2 N–H and O–H groups in total. The summed E-state index contributed by atoms with van der Waals surface area (Å²) in [5.41, 5.74) is 1.72. The van der Waals surface area contributed by atoms with E-state index in [2.05, 4.69) is 25.7 Å². The molecule has 1 unspecified atom stereocenters. The van der Waals surface area contributed by atoms with Gasteiger partial charge in [-0.15, -0.1) is 5.10 Å². The number of hydrogen-bond donors (Lipinski definition) is 2. The molecule has 3 heterocycles. The summed E-state index contributed by atoms with van der Waals surface area (Å²) in [4.78, 5) is 27.7. The molecule has 5 rings (SSSR count). The van der Waals surface area contributed by atoms with Crippen molar-refractivity contribution in [2.45, 2.75) is 25.9 Å². The summed E-state index contributed by atoms with van der Waals surface area (Å²) >= 11 is 0. The lowest BCUT2D eigenvalue weighted by molar-refractivity contribution is -0.144. The number of nitrogens with one attached hydrogen (secondary N) is 2. The number of ether oxygens (including phenoxy) is 2. The van der Waals surface area contributed by atoms with E-state index in [1.807, 2.05) is 26.0 Å². The lowest BCUT2D eigenvalue weighted by Crippen LogP contribution is -2.45. The number of benzene rings is 2. The van der Waals surface area contributed by atoms with E-state index in [4.69, 9.17) is 9.47 Å².